The van der Waals surface area contributed by atoms with Crippen LogP contribution in [0.25, 0.3) is 0 Å². The molecule has 8 nitrogen and oxygen atoms in total. The first-order chi connectivity index (χ1) is 15.3. The molecule has 10 heteroatoms. The van der Waals surface area contributed by atoms with E-state index in [-0.39, 0.29) is 36.1 Å². The van der Waals surface area contributed by atoms with Crippen molar-refractivity contribution in [1.29, 1.82) is 0 Å². The van der Waals surface area contributed by atoms with E-state index >= 15 is 0 Å². The number of carbonyl (C=O) groups excluding carboxylic acids is 1. The minimum Gasteiger partial charge on any atom is -0.493 e. The van der Waals surface area contributed by atoms with Crippen molar-refractivity contribution in [2.75, 3.05) is 20.8 Å². The topological polar surface area (TPSA) is 104 Å². The van der Waals surface area contributed by atoms with Gasteiger partial charge in [-0.3, -0.25) is 14.9 Å². The van der Waals surface area contributed by atoms with Gasteiger partial charge in [-0.2, -0.15) is 0 Å². The lowest BCUT2D eigenvalue weighted by molar-refractivity contribution is -0.385. The van der Waals surface area contributed by atoms with Crippen LogP contribution >= 0.6 is 11.3 Å². The van der Waals surface area contributed by atoms with Gasteiger partial charge < -0.3 is 14.8 Å². The molecule has 2 aromatic carbocycles. The van der Waals surface area contributed by atoms with Gasteiger partial charge in [0.2, 0.25) is 0 Å². The van der Waals surface area contributed by atoms with Crippen molar-refractivity contribution in [3.8, 4) is 11.5 Å². The van der Waals surface area contributed by atoms with E-state index in [4.69, 9.17) is 9.47 Å². The normalized spacial score (nSPS) is 10.6. The molecule has 0 saturated carbocycles. The van der Waals surface area contributed by atoms with E-state index in [0.29, 0.717) is 28.3 Å². The molecule has 0 radical (unpaired) electrons. The average molecular weight is 459 g/mol. The molecule has 1 N–H and O–H groups in total. The number of hydrogen-bond acceptors (Lipinski definition) is 7. The van der Waals surface area contributed by atoms with Gasteiger partial charge in [0.15, 0.2) is 11.5 Å². The highest BCUT2D eigenvalue weighted by molar-refractivity contribution is 7.13. The van der Waals surface area contributed by atoms with Crippen molar-refractivity contribution in [1.82, 2.24) is 10.3 Å². The zero-order valence-electron chi connectivity index (χ0n) is 17.8. The Bertz CT molecular complexity index is 1130. The van der Waals surface area contributed by atoms with Crippen molar-refractivity contribution < 1.29 is 23.6 Å². The molecule has 0 saturated heterocycles. The van der Waals surface area contributed by atoms with Gasteiger partial charge >= 0.3 is 0 Å². The van der Waals surface area contributed by atoms with Crippen LogP contribution in [0.4, 0.5) is 10.1 Å². The Morgan fingerprint density at radius 1 is 1.19 bits per heavy atom. The molecule has 0 aliphatic carbocycles. The molecule has 0 aliphatic rings. The summed E-state index contributed by atoms with van der Waals surface area (Å²) in [6.07, 6.45) is 0.736. The van der Waals surface area contributed by atoms with E-state index in [1.807, 2.05) is 0 Å². The molecule has 1 aromatic heterocycles. The van der Waals surface area contributed by atoms with E-state index in [2.05, 4.69) is 10.3 Å². The molecule has 168 valence electrons. The second-order valence-corrected chi connectivity index (χ2v) is 8.01. The lowest BCUT2D eigenvalue weighted by atomic mass is 10.1. The van der Waals surface area contributed by atoms with Crippen molar-refractivity contribution in [3.63, 3.8) is 0 Å². The van der Waals surface area contributed by atoms with E-state index in [1.54, 1.807) is 25.1 Å². The van der Waals surface area contributed by atoms with E-state index in [1.165, 1.54) is 43.8 Å². The monoisotopic (exact) mass is 459 g/mol. The number of halogens is 1. The van der Waals surface area contributed by atoms with Crippen LogP contribution in [0.3, 0.4) is 0 Å². The third-order valence-corrected chi connectivity index (χ3v) is 5.93. The molecule has 0 spiro atoms. The fourth-order valence-electron chi connectivity index (χ4n) is 3.19. The predicted octanol–water partition coefficient (Wildman–Crippen LogP) is 4.08. The molecule has 0 atom stereocenters. The Balaban J connectivity index is 1.67. The summed E-state index contributed by atoms with van der Waals surface area (Å²) in [7, 11) is 2.86. The lowest BCUT2D eigenvalue weighted by Gasteiger charge is -2.11. The van der Waals surface area contributed by atoms with Gasteiger partial charge in [0.05, 0.1) is 35.9 Å². The maximum Gasteiger partial charge on any atom is 0.276 e. The SMILES string of the molecule is COc1cc(CCNC(=O)c2sc(Cc3ccc(F)cc3)nc2C)c([N+](=O)[O-])cc1OC. The lowest BCUT2D eigenvalue weighted by Crippen LogP contribution is -2.25. The number of aromatic nitrogens is 1. The van der Waals surface area contributed by atoms with Gasteiger partial charge in [0, 0.05) is 18.5 Å². The number of hydrogen-bond donors (Lipinski definition) is 1. The van der Waals surface area contributed by atoms with Gasteiger partial charge in [-0.15, -0.1) is 11.3 Å². The van der Waals surface area contributed by atoms with Crippen LogP contribution in [0.1, 0.15) is 31.5 Å². The van der Waals surface area contributed by atoms with Crippen LogP contribution in [0.5, 0.6) is 11.5 Å². The summed E-state index contributed by atoms with van der Waals surface area (Å²) in [6, 6.07) is 8.99. The summed E-state index contributed by atoms with van der Waals surface area (Å²) in [5.41, 5.74) is 1.81. The molecule has 1 heterocycles. The number of rotatable bonds is 9. The minimum absolute atomic E-state index is 0.104. The van der Waals surface area contributed by atoms with Crippen molar-refractivity contribution in [2.45, 2.75) is 19.8 Å². The molecular formula is C22H22FN3O5S. The zero-order valence-corrected chi connectivity index (χ0v) is 18.6. The second kappa shape index (κ2) is 10.2. The fraction of sp³-hybridized carbons (Fsp3) is 0.273. The number of benzene rings is 2. The van der Waals surface area contributed by atoms with Crippen LogP contribution in [0.15, 0.2) is 36.4 Å². The summed E-state index contributed by atoms with van der Waals surface area (Å²) in [5, 5.41) is 15.0. The molecule has 3 rings (SSSR count). The summed E-state index contributed by atoms with van der Waals surface area (Å²) < 4.78 is 23.4. The number of nitro benzene ring substituents is 1. The van der Waals surface area contributed by atoms with Crippen molar-refractivity contribution in [3.05, 3.63) is 79.0 Å². The van der Waals surface area contributed by atoms with Gasteiger partial charge in [0.1, 0.15) is 10.7 Å². The Morgan fingerprint density at radius 3 is 2.47 bits per heavy atom. The number of carbonyl (C=O) groups is 1. The highest BCUT2D eigenvalue weighted by Crippen LogP contribution is 2.34. The fourth-order valence-corrected chi connectivity index (χ4v) is 4.20. The van der Waals surface area contributed by atoms with Gasteiger partial charge in [0.25, 0.3) is 11.6 Å². The molecule has 1 amide bonds. The van der Waals surface area contributed by atoms with E-state index in [0.717, 1.165) is 10.6 Å². The first kappa shape index (κ1) is 23.1. The maximum absolute atomic E-state index is 13.1. The number of amides is 1. The highest BCUT2D eigenvalue weighted by Gasteiger charge is 2.20. The zero-order chi connectivity index (χ0) is 23.3. The Kier molecular flexibility index (Phi) is 7.37. The number of aryl methyl sites for hydroxylation is 1. The first-order valence-corrected chi connectivity index (χ1v) is 10.5. The largest absolute Gasteiger partial charge is 0.493 e. The van der Waals surface area contributed by atoms with E-state index in [9.17, 15) is 19.3 Å². The Hall–Kier alpha value is -3.53. The molecule has 32 heavy (non-hydrogen) atoms. The van der Waals surface area contributed by atoms with Gasteiger partial charge in [-0.1, -0.05) is 12.1 Å². The molecule has 0 bridgehead atoms. The van der Waals surface area contributed by atoms with Crippen LogP contribution in [-0.2, 0) is 12.8 Å². The summed E-state index contributed by atoms with van der Waals surface area (Å²) in [6.45, 7) is 1.94. The van der Waals surface area contributed by atoms with Gasteiger partial charge in [-0.25, -0.2) is 9.37 Å². The number of ether oxygens (including phenoxy) is 2. The van der Waals surface area contributed by atoms with Gasteiger partial charge in [-0.05, 0) is 37.1 Å². The standard InChI is InChI=1S/C22H22FN3O5S/c1-13-21(32-20(25-13)10-14-4-6-16(23)7-5-14)22(27)24-9-8-15-11-18(30-2)19(31-3)12-17(15)26(28)29/h4-7,11-12H,8-10H2,1-3H3,(H,24,27). The Morgan fingerprint density at radius 2 is 1.84 bits per heavy atom. The number of nitrogens with one attached hydrogen (secondary N) is 1. The smallest absolute Gasteiger partial charge is 0.276 e. The average Bonchev–Trinajstić information content (AvgIpc) is 3.14. The second-order valence-electron chi connectivity index (χ2n) is 6.92. The first-order valence-electron chi connectivity index (χ1n) is 9.70. The van der Waals surface area contributed by atoms with Crippen LogP contribution < -0.4 is 14.8 Å². The third-order valence-electron chi connectivity index (χ3n) is 4.78. The van der Waals surface area contributed by atoms with Crippen LogP contribution in [0.2, 0.25) is 0 Å². The molecule has 3 aromatic rings. The molecule has 0 unspecified atom stereocenters. The minimum atomic E-state index is -0.492. The van der Waals surface area contributed by atoms with Crippen molar-refractivity contribution in [2.24, 2.45) is 0 Å². The van der Waals surface area contributed by atoms with E-state index < -0.39 is 4.92 Å². The highest BCUT2D eigenvalue weighted by atomic mass is 32.1. The number of nitrogens with zero attached hydrogens (tertiary/aromatic N) is 2. The number of methoxy groups -OCH3 is 2. The summed E-state index contributed by atoms with van der Waals surface area (Å²) in [4.78, 5) is 28.5. The summed E-state index contributed by atoms with van der Waals surface area (Å²) >= 11 is 1.27. The van der Waals surface area contributed by atoms with Crippen LogP contribution in [0, 0.1) is 22.9 Å². The predicted molar refractivity (Wildman–Crippen MR) is 118 cm³/mol. The quantitative estimate of drug-likeness (QED) is 0.382. The summed E-state index contributed by atoms with van der Waals surface area (Å²) in [5.74, 6) is 0.0384. The number of nitro groups is 1. The molecule has 0 aliphatic heterocycles. The van der Waals surface area contributed by atoms with Crippen LogP contribution in [-0.4, -0.2) is 36.6 Å². The third kappa shape index (κ3) is 5.38. The Labute approximate surface area is 188 Å². The molecular weight excluding hydrogens is 437 g/mol. The maximum atomic E-state index is 13.1. The number of thiazole rings is 1. The van der Waals surface area contributed by atoms with Crippen molar-refractivity contribution >= 4 is 22.9 Å². The molecule has 0 fully saturated rings.